The molecule has 2 atom stereocenters. The van der Waals surface area contributed by atoms with Crippen molar-refractivity contribution in [2.45, 2.75) is 63.1 Å². The maximum Gasteiger partial charge on any atom is 0.270 e. The molecule has 10 heteroatoms. The lowest BCUT2D eigenvalue weighted by atomic mass is 10.1. The molecular weight excluding hydrogens is 468 g/mol. The minimum absolute atomic E-state index is 0.0286. The maximum absolute atomic E-state index is 12.9. The van der Waals surface area contributed by atoms with E-state index >= 15 is 0 Å². The number of carbonyl (C=O) groups is 2. The predicted octanol–water partition coefficient (Wildman–Crippen LogP) is 3.59. The van der Waals surface area contributed by atoms with Crippen molar-refractivity contribution >= 4 is 40.3 Å². The molecule has 0 spiro atoms. The van der Waals surface area contributed by atoms with Gasteiger partial charge in [-0.3, -0.25) is 14.5 Å². The highest BCUT2D eigenvalue weighted by molar-refractivity contribution is 5.98. The summed E-state index contributed by atoms with van der Waals surface area (Å²) in [7, 11) is 5.67. The van der Waals surface area contributed by atoms with Gasteiger partial charge in [-0.05, 0) is 50.9 Å². The van der Waals surface area contributed by atoms with E-state index in [1.807, 2.05) is 23.1 Å². The third-order valence-corrected chi connectivity index (χ3v) is 8.28. The summed E-state index contributed by atoms with van der Waals surface area (Å²) >= 11 is 0. The number of hydrogen-bond donors (Lipinski definition) is 1. The lowest BCUT2D eigenvalue weighted by molar-refractivity contribution is -0.119. The second kappa shape index (κ2) is 9.41. The SMILES string of the molecule is CN(C)C(=O)c1cc2cnc(Nc3ccc(N4C[C@H]5CC[C@@H](CC4=O)N5C)cn3)nc2n1C1CCCC1. The summed E-state index contributed by atoms with van der Waals surface area (Å²) in [6.45, 7) is 0.701. The van der Waals surface area contributed by atoms with Crippen LogP contribution in [0.2, 0.25) is 0 Å². The number of likely N-dealkylation sites (N-methyl/N-ethyl adjacent to an activating group) is 1. The molecule has 2 amide bonds. The Morgan fingerprint density at radius 1 is 1.03 bits per heavy atom. The van der Waals surface area contributed by atoms with E-state index in [2.05, 4.69) is 31.8 Å². The summed E-state index contributed by atoms with van der Waals surface area (Å²) in [5.41, 5.74) is 2.23. The van der Waals surface area contributed by atoms with Gasteiger partial charge in [0, 0.05) is 56.8 Å². The molecule has 0 aromatic carbocycles. The first-order chi connectivity index (χ1) is 17.9. The van der Waals surface area contributed by atoms with Crippen molar-refractivity contribution in [2.24, 2.45) is 0 Å². The molecule has 3 aromatic rings. The van der Waals surface area contributed by atoms with Crippen LogP contribution in [0.1, 0.15) is 61.5 Å². The molecule has 1 saturated carbocycles. The van der Waals surface area contributed by atoms with Crippen molar-refractivity contribution in [3.8, 4) is 0 Å². The first-order valence-electron chi connectivity index (χ1n) is 13.2. The van der Waals surface area contributed by atoms with E-state index < -0.39 is 0 Å². The Kier molecular flexibility index (Phi) is 6.06. The smallest absolute Gasteiger partial charge is 0.270 e. The van der Waals surface area contributed by atoms with Crippen LogP contribution in [0.3, 0.4) is 0 Å². The van der Waals surface area contributed by atoms with Crippen molar-refractivity contribution in [1.29, 1.82) is 0 Å². The summed E-state index contributed by atoms with van der Waals surface area (Å²) < 4.78 is 2.10. The number of pyridine rings is 1. The Morgan fingerprint density at radius 3 is 2.54 bits per heavy atom. The van der Waals surface area contributed by atoms with E-state index in [4.69, 9.17) is 4.98 Å². The van der Waals surface area contributed by atoms with Gasteiger partial charge >= 0.3 is 0 Å². The number of anilines is 3. The fourth-order valence-corrected chi connectivity index (χ4v) is 6.16. The van der Waals surface area contributed by atoms with Gasteiger partial charge in [-0.15, -0.1) is 0 Å². The molecule has 2 bridgehead atoms. The highest BCUT2D eigenvalue weighted by Gasteiger charge is 2.38. The first-order valence-corrected chi connectivity index (χ1v) is 13.2. The van der Waals surface area contributed by atoms with Crippen LogP contribution in [0.25, 0.3) is 11.0 Å². The second-order valence-electron chi connectivity index (χ2n) is 10.8. The molecule has 2 saturated heterocycles. The van der Waals surface area contributed by atoms with Gasteiger partial charge in [-0.1, -0.05) is 12.8 Å². The summed E-state index contributed by atoms with van der Waals surface area (Å²) in [5, 5.41) is 4.06. The second-order valence-corrected chi connectivity index (χ2v) is 10.8. The first kappa shape index (κ1) is 23.8. The lowest BCUT2D eigenvalue weighted by Gasteiger charge is -2.25. The van der Waals surface area contributed by atoms with Gasteiger partial charge in [0.2, 0.25) is 11.9 Å². The van der Waals surface area contributed by atoms with E-state index in [-0.39, 0.29) is 17.9 Å². The Hall–Kier alpha value is -3.53. The zero-order chi connectivity index (χ0) is 25.7. The summed E-state index contributed by atoms with van der Waals surface area (Å²) in [4.78, 5) is 45.5. The van der Waals surface area contributed by atoms with Crippen LogP contribution in [0, 0.1) is 0 Å². The monoisotopic (exact) mass is 502 g/mol. The largest absolute Gasteiger partial charge is 0.343 e. The van der Waals surface area contributed by atoms with Crippen molar-refractivity contribution in [3.63, 3.8) is 0 Å². The van der Waals surface area contributed by atoms with Crippen LogP contribution in [0.5, 0.6) is 0 Å². The molecule has 1 N–H and O–H groups in total. The topological polar surface area (TPSA) is 99.5 Å². The number of rotatable bonds is 5. The maximum atomic E-state index is 12.9. The lowest BCUT2D eigenvalue weighted by Crippen LogP contribution is -2.38. The Morgan fingerprint density at radius 2 is 1.81 bits per heavy atom. The number of nitrogens with one attached hydrogen (secondary N) is 1. The molecule has 0 radical (unpaired) electrons. The van der Waals surface area contributed by atoms with Gasteiger partial charge in [0.25, 0.3) is 5.91 Å². The van der Waals surface area contributed by atoms with Gasteiger partial charge in [0.05, 0.1) is 11.9 Å². The number of carbonyl (C=O) groups excluding carboxylic acids is 2. The van der Waals surface area contributed by atoms with Gasteiger partial charge in [-0.2, -0.15) is 4.98 Å². The third kappa shape index (κ3) is 4.33. The van der Waals surface area contributed by atoms with Crippen LogP contribution in [-0.2, 0) is 4.79 Å². The Balaban J connectivity index is 1.25. The number of fused-ring (bicyclic) bond motifs is 3. The summed E-state index contributed by atoms with van der Waals surface area (Å²) in [6, 6.07) is 6.70. The van der Waals surface area contributed by atoms with Gasteiger partial charge < -0.3 is 19.7 Å². The Labute approximate surface area is 216 Å². The average molecular weight is 503 g/mol. The zero-order valence-electron chi connectivity index (χ0n) is 21.7. The summed E-state index contributed by atoms with van der Waals surface area (Å²) in [6.07, 6.45) is 10.7. The van der Waals surface area contributed by atoms with E-state index in [0.717, 1.165) is 55.2 Å². The highest BCUT2D eigenvalue weighted by atomic mass is 16.2. The molecule has 3 aliphatic rings. The van der Waals surface area contributed by atoms with Crippen molar-refractivity contribution in [3.05, 3.63) is 36.3 Å². The average Bonchev–Trinajstić information content (AvgIpc) is 3.60. The van der Waals surface area contributed by atoms with Crippen LogP contribution in [0.4, 0.5) is 17.5 Å². The van der Waals surface area contributed by atoms with Gasteiger partial charge in [-0.25, -0.2) is 9.97 Å². The van der Waals surface area contributed by atoms with E-state index in [0.29, 0.717) is 42.5 Å². The molecule has 2 aliphatic heterocycles. The van der Waals surface area contributed by atoms with Crippen LogP contribution >= 0.6 is 0 Å². The van der Waals surface area contributed by atoms with Crippen LogP contribution in [0.15, 0.2) is 30.6 Å². The molecular formula is C27H34N8O2. The van der Waals surface area contributed by atoms with Crippen molar-refractivity contribution in [2.75, 3.05) is 37.9 Å². The Bertz CT molecular complexity index is 1330. The minimum Gasteiger partial charge on any atom is -0.343 e. The molecule has 3 aromatic heterocycles. The van der Waals surface area contributed by atoms with E-state index in [1.165, 1.54) is 0 Å². The zero-order valence-corrected chi connectivity index (χ0v) is 21.7. The molecule has 3 fully saturated rings. The number of aromatic nitrogens is 4. The van der Waals surface area contributed by atoms with Crippen LogP contribution < -0.4 is 10.2 Å². The highest BCUT2D eigenvalue weighted by Crippen LogP contribution is 2.35. The molecule has 37 heavy (non-hydrogen) atoms. The molecule has 0 unspecified atom stereocenters. The molecule has 5 heterocycles. The molecule has 6 rings (SSSR count). The molecule has 10 nitrogen and oxygen atoms in total. The van der Waals surface area contributed by atoms with Crippen LogP contribution in [-0.4, -0.2) is 80.9 Å². The minimum atomic E-state index is -0.0286. The van der Waals surface area contributed by atoms with Gasteiger partial charge in [0.1, 0.15) is 17.2 Å². The predicted molar refractivity (Wildman–Crippen MR) is 142 cm³/mol. The fraction of sp³-hybridized carbons (Fsp3) is 0.519. The number of amides is 2. The van der Waals surface area contributed by atoms with E-state index in [1.54, 1.807) is 31.4 Å². The summed E-state index contributed by atoms with van der Waals surface area (Å²) in [5.74, 6) is 1.16. The fourth-order valence-electron chi connectivity index (χ4n) is 6.16. The number of hydrogen-bond acceptors (Lipinski definition) is 7. The van der Waals surface area contributed by atoms with Crippen molar-refractivity contribution in [1.82, 2.24) is 29.3 Å². The third-order valence-electron chi connectivity index (χ3n) is 8.28. The number of nitrogens with zero attached hydrogens (tertiary/aromatic N) is 7. The van der Waals surface area contributed by atoms with Crippen molar-refractivity contribution < 1.29 is 9.59 Å². The standard InChI is InChI=1S/C27H34N8O2/c1-32(2)26(37)22-12-17-14-29-27(31-25(17)35(22)18-6-4-5-7-18)30-23-11-10-20(15-28-23)34-16-21-9-8-19(33(21)3)13-24(34)36/h10-12,14-15,18-19,21H,4-9,13,16H2,1-3H3,(H,28,29,30,31)/t19-,21+/m0/s1. The normalized spacial score (nSPS) is 22.6. The molecule has 1 aliphatic carbocycles. The van der Waals surface area contributed by atoms with Gasteiger partial charge in [0.15, 0.2) is 0 Å². The molecule has 194 valence electrons. The quantitative estimate of drug-likeness (QED) is 0.569. The van der Waals surface area contributed by atoms with E-state index in [9.17, 15) is 9.59 Å².